The molecule has 0 saturated heterocycles. The lowest BCUT2D eigenvalue weighted by molar-refractivity contribution is 0.384. The van der Waals surface area contributed by atoms with Gasteiger partial charge in [-0.3, -0.25) is 0 Å². The topological polar surface area (TPSA) is 40.5 Å². The summed E-state index contributed by atoms with van der Waals surface area (Å²) in [5.74, 6) is 0. The van der Waals surface area contributed by atoms with Crippen LogP contribution in [0.25, 0.3) is 0 Å². The van der Waals surface area contributed by atoms with Crippen LogP contribution in [-0.4, -0.2) is 10.2 Å². The molecule has 0 aromatic heterocycles. The lowest BCUT2D eigenvalue weighted by atomic mass is 10.3. The molecule has 0 aliphatic heterocycles. The Morgan fingerprint density at radius 2 is 1.25 bits per heavy atom. The van der Waals surface area contributed by atoms with Crippen LogP contribution in [-0.2, 0) is 0 Å². The molecule has 0 aromatic carbocycles. The zero-order valence-corrected chi connectivity index (χ0v) is 4.62. The lowest BCUT2D eigenvalue weighted by Gasteiger charge is -1.82. The molecule has 8 heavy (non-hydrogen) atoms. The molecule has 0 aliphatic carbocycles. The molecule has 0 spiro atoms. The minimum absolute atomic E-state index is 0.549. The normalized spacial score (nSPS) is 10.8. The summed E-state index contributed by atoms with van der Waals surface area (Å²) < 4.78 is 0. The van der Waals surface area contributed by atoms with Gasteiger partial charge in [-0.05, 0) is 12.8 Å². The molecule has 2 N–H and O–H groups in total. The van der Waals surface area contributed by atoms with E-state index < -0.39 is 0 Å². The predicted molar refractivity (Wildman–Crippen MR) is 30.8 cm³/mol. The van der Waals surface area contributed by atoms with E-state index in [1.165, 1.54) is 0 Å². The summed E-state index contributed by atoms with van der Waals surface area (Å²) in [5.41, 5.74) is 0. The maximum absolute atomic E-state index is 8.12. The highest BCUT2D eigenvalue weighted by molar-refractivity contribution is 4.85. The molecule has 0 amide bonds. The summed E-state index contributed by atoms with van der Waals surface area (Å²) in [4.78, 5) is 0. The number of aliphatic hydroxyl groups is 2. The fourth-order valence-corrected chi connectivity index (χ4v) is 0.314. The van der Waals surface area contributed by atoms with Crippen LogP contribution in [0, 0.1) is 13.2 Å². The fourth-order valence-electron chi connectivity index (χ4n) is 0.314. The van der Waals surface area contributed by atoms with Crippen molar-refractivity contribution < 1.29 is 10.2 Å². The minimum Gasteiger partial charge on any atom is -0.390 e. The maximum Gasteiger partial charge on any atom is 0.0836 e. The third-order valence-electron chi connectivity index (χ3n) is 0.650. The van der Waals surface area contributed by atoms with Crippen LogP contribution < -0.4 is 0 Å². The van der Waals surface area contributed by atoms with Crippen LogP contribution in [0.3, 0.4) is 0 Å². The van der Waals surface area contributed by atoms with E-state index >= 15 is 0 Å². The van der Waals surface area contributed by atoms with Crippen LogP contribution >= 0.6 is 0 Å². The molecule has 2 radical (unpaired) electrons. The first-order valence-electron chi connectivity index (χ1n) is 2.48. The van der Waals surface area contributed by atoms with Gasteiger partial charge >= 0.3 is 0 Å². The van der Waals surface area contributed by atoms with Gasteiger partial charge in [0.2, 0.25) is 0 Å². The molecule has 0 heterocycles. The van der Waals surface area contributed by atoms with Gasteiger partial charge in [0.15, 0.2) is 0 Å². The monoisotopic (exact) mass is 114 g/mol. The number of hydrogen-bond donors (Lipinski definition) is 2. The Morgan fingerprint density at radius 1 is 0.875 bits per heavy atom. The predicted octanol–water partition coefficient (Wildman–Crippen LogP) is 1.39. The van der Waals surface area contributed by atoms with Gasteiger partial charge < -0.3 is 10.2 Å². The zero-order valence-electron chi connectivity index (χ0n) is 4.62. The summed E-state index contributed by atoms with van der Waals surface area (Å²) in [6, 6.07) is 0. The van der Waals surface area contributed by atoms with E-state index in [-0.39, 0.29) is 0 Å². The molecule has 0 rings (SSSR count). The average molecular weight is 114 g/mol. The first-order chi connectivity index (χ1) is 3.91. The molecule has 0 fully saturated rings. The van der Waals surface area contributed by atoms with Crippen LogP contribution in [0.15, 0.2) is 12.2 Å². The summed E-state index contributed by atoms with van der Waals surface area (Å²) in [6.45, 7) is 2.13. The Balaban J connectivity index is 2.83. The van der Waals surface area contributed by atoms with Gasteiger partial charge in [-0.25, -0.2) is 0 Å². The molecule has 0 saturated carbocycles. The van der Waals surface area contributed by atoms with Crippen molar-refractivity contribution in [2.75, 3.05) is 0 Å². The molecule has 0 aliphatic rings. The van der Waals surface area contributed by atoms with E-state index in [2.05, 4.69) is 0 Å². The molecule has 0 aromatic rings. The van der Waals surface area contributed by atoms with Crippen molar-refractivity contribution in [1.82, 2.24) is 0 Å². The molecule has 2 nitrogen and oxygen atoms in total. The summed E-state index contributed by atoms with van der Waals surface area (Å²) >= 11 is 0. The highest BCUT2D eigenvalue weighted by Gasteiger charge is 1.74. The number of aliphatic hydroxyl groups excluding tert-OH is 2. The standard InChI is InChI=1S/C6H10O2/c7-5-3-1-2-4-6-8/h1-2,5-8H,3-4H2. The van der Waals surface area contributed by atoms with E-state index in [0.717, 1.165) is 13.2 Å². The number of hydrogen-bond acceptors (Lipinski definition) is 2. The molecule has 2 heteroatoms. The van der Waals surface area contributed by atoms with Gasteiger partial charge in [0.25, 0.3) is 0 Å². The lowest BCUT2D eigenvalue weighted by Crippen LogP contribution is -1.69. The Labute approximate surface area is 49.5 Å². The van der Waals surface area contributed by atoms with E-state index in [9.17, 15) is 0 Å². The summed E-state index contributed by atoms with van der Waals surface area (Å²) in [5, 5.41) is 16.2. The first kappa shape index (κ1) is 7.66. The minimum atomic E-state index is 0.549. The second-order valence-corrected chi connectivity index (χ2v) is 1.31. The van der Waals surface area contributed by atoms with Crippen molar-refractivity contribution in [1.29, 1.82) is 0 Å². The van der Waals surface area contributed by atoms with Crippen molar-refractivity contribution in [2.24, 2.45) is 0 Å². The van der Waals surface area contributed by atoms with Crippen LogP contribution in [0.1, 0.15) is 12.8 Å². The van der Waals surface area contributed by atoms with Crippen molar-refractivity contribution >= 4 is 0 Å². The Hall–Kier alpha value is -0.340. The highest BCUT2D eigenvalue weighted by Crippen LogP contribution is 1.88. The first-order valence-corrected chi connectivity index (χ1v) is 2.48. The Morgan fingerprint density at radius 3 is 1.50 bits per heavy atom. The highest BCUT2D eigenvalue weighted by atomic mass is 16.3. The van der Waals surface area contributed by atoms with E-state index in [1.807, 2.05) is 0 Å². The second-order valence-electron chi connectivity index (χ2n) is 1.31. The van der Waals surface area contributed by atoms with E-state index in [1.54, 1.807) is 12.2 Å². The van der Waals surface area contributed by atoms with Gasteiger partial charge in [0, 0.05) is 0 Å². The van der Waals surface area contributed by atoms with E-state index in [0.29, 0.717) is 12.8 Å². The van der Waals surface area contributed by atoms with Crippen LogP contribution in [0.5, 0.6) is 0 Å². The van der Waals surface area contributed by atoms with Crippen molar-refractivity contribution in [3.8, 4) is 0 Å². The molecule has 0 atom stereocenters. The summed E-state index contributed by atoms with van der Waals surface area (Å²) in [6.07, 6.45) is 4.64. The smallest absolute Gasteiger partial charge is 0.0836 e. The van der Waals surface area contributed by atoms with Crippen molar-refractivity contribution in [3.05, 3.63) is 25.4 Å². The quantitative estimate of drug-likeness (QED) is 0.542. The molecule has 0 unspecified atom stereocenters. The van der Waals surface area contributed by atoms with Gasteiger partial charge in [0.1, 0.15) is 0 Å². The van der Waals surface area contributed by atoms with Crippen LogP contribution in [0.4, 0.5) is 0 Å². The number of rotatable bonds is 4. The molecular weight excluding hydrogens is 104 g/mol. The molecule has 0 bridgehead atoms. The van der Waals surface area contributed by atoms with E-state index in [4.69, 9.17) is 10.2 Å². The van der Waals surface area contributed by atoms with Gasteiger partial charge in [-0.15, -0.1) is 0 Å². The zero-order chi connectivity index (χ0) is 6.24. The van der Waals surface area contributed by atoms with Crippen molar-refractivity contribution in [3.63, 3.8) is 0 Å². The Bertz CT molecular complexity index is 51.5. The largest absolute Gasteiger partial charge is 0.390 e. The van der Waals surface area contributed by atoms with Gasteiger partial charge in [0.05, 0.1) is 13.2 Å². The fraction of sp³-hybridized carbons (Fsp3) is 0.333. The third kappa shape index (κ3) is 5.66. The van der Waals surface area contributed by atoms with Crippen molar-refractivity contribution in [2.45, 2.75) is 12.8 Å². The maximum atomic E-state index is 8.12. The third-order valence-corrected chi connectivity index (χ3v) is 0.650. The molecular formula is C6H10O2. The molecule has 46 valence electrons. The van der Waals surface area contributed by atoms with Gasteiger partial charge in [-0.2, -0.15) is 0 Å². The summed E-state index contributed by atoms with van der Waals surface area (Å²) in [7, 11) is 0. The second kappa shape index (κ2) is 6.66. The van der Waals surface area contributed by atoms with Gasteiger partial charge in [-0.1, -0.05) is 12.2 Å². The SMILES string of the molecule is O[CH]CC=CC[CH]O. The average Bonchev–Trinajstić information content (AvgIpc) is 1.81. The Kier molecular flexibility index (Phi) is 6.38. The van der Waals surface area contributed by atoms with Crippen LogP contribution in [0.2, 0.25) is 0 Å².